The SMILES string of the molecule is CC1CCCCN1c1nc2c(S(=O)(=O)c3ccccc3)nnn2c2ccc(Cl)cc12. The van der Waals surface area contributed by atoms with Gasteiger partial charge in [-0.1, -0.05) is 35.0 Å². The second-order valence-corrected chi connectivity index (χ2v) is 9.88. The number of halogens is 1. The van der Waals surface area contributed by atoms with Crippen molar-refractivity contribution < 1.29 is 8.42 Å². The Labute approximate surface area is 179 Å². The molecule has 9 heteroatoms. The summed E-state index contributed by atoms with van der Waals surface area (Å²) in [7, 11) is -3.86. The number of fused-ring (bicyclic) bond motifs is 3. The monoisotopic (exact) mass is 441 g/mol. The number of aromatic nitrogens is 4. The molecule has 3 heterocycles. The zero-order chi connectivity index (χ0) is 20.9. The van der Waals surface area contributed by atoms with Crippen LogP contribution in [0.2, 0.25) is 5.02 Å². The lowest BCUT2D eigenvalue weighted by molar-refractivity contribution is 0.482. The third-order valence-corrected chi connectivity index (χ3v) is 7.54. The molecule has 1 atom stereocenters. The van der Waals surface area contributed by atoms with Gasteiger partial charge in [-0.15, -0.1) is 5.10 Å². The van der Waals surface area contributed by atoms with E-state index in [1.807, 2.05) is 12.1 Å². The van der Waals surface area contributed by atoms with Crippen LogP contribution in [0.1, 0.15) is 26.2 Å². The van der Waals surface area contributed by atoms with E-state index >= 15 is 0 Å². The van der Waals surface area contributed by atoms with Gasteiger partial charge in [-0.3, -0.25) is 0 Å². The first kappa shape index (κ1) is 19.3. The number of hydrogen-bond acceptors (Lipinski definition) is 6. The van der Waals surface area contributed by atoms with Crippen LogP contribution in [0.4, 0.5) is 5.82 Å². The fourth-order valence-electron chi connectivity index (χ4n) is 4.07. The molecule has 0 amide bonds. The largest absolute Gasteiger partial charge is 0.353 e. The molecule has 4 aromatic rings. The second kappa shape index (κ2) is 7.21. The maximum absolute atomic E-state index is 13.3. The zero-order valence-corrected chi connectivity index (χ0v) is 17.9. The van der Waals surface area contributed by atoms with E-state index in [4.69, 9.17) is 16.6 Å². The number of sulfone groups is 1. The molecule has 0 bridgehead atoms. The molecule has 0 N–H and O–H groups in total. The molecular formula is C21H20ClN5O2S. The van der Waals surface area contributed by atoms with Gasteiger partial charge in [-0.2, -0.15) is 4.52 Å². The fourth-order valence-corrected chi connectivity index (χ4v) is 5.50. The smallest absolute Gasteiger partial charge is 0.229 e. The average Bonchev–Trinajstić information content (AvgIpc) is 3.19. The van der Waals surface area contributed by atoms with Gasteiger partial charge >= 0.3 is 0 Å². The van der Waals surface area contributed by atoms with Crippen LogP contribution in [-0.2, 0) is 9.84 Å². The van der Waals surface area contributed by atoms with Gasteiger partial charge in [0.1, 0.15) is 5.82 Å². The summed E-state index contributed by atoms with van der Waals surface area (Å²) in [5.41, 5.74) is 0.945. The summed E-state index contributed by atoms with van der Waals surface area (Å²) in [6.07, 6.45) is 3.29. The maximum Gasteiger partial charge on any atom is 0.229 e. The predicted octanol–water partition coefficient (Wildman–Crippen LogP) is 4.14. The second-order valence-electron chi connectivity index (χ2n) is 7.58. The van der Waals surface area contributed by atoms with Crippen molar-refractivity contribution in [2.45, 2.75) is 42.1 Å². The summed E-state index contributed by atoms with van der Waals surface area (Å²) in [5, 5.41) is 9.45. The van der Waals surface area contributed by atoms with Crippen molar-refractivity contribution in [2.75, 3.05) is 11.4 Å². The molecule has 1 fully saturated rings. The van der Waals surface area contributed by atoms with E-state index in [9.17, 15) is 8.42 Å². The standard InChI is InChI=1S/C21H20ClN5O2S/c1-14-7-5-6-12-26(14)19-17-13-15(22)10-11-18(17)27-20(23-19)21(24-25-27)30(28,29)16-8-3-2-4-9-16/h2-4,8-11,13-14H,5-7,12H2,1H3. The number of rotatable bonds is 3. The first-order valence-electron chi connectivity index (χ1n) is 9.88. The van der Waals surface area contributed by atoms with Crippen LogP contribution in [0.15, 0.2) is 58.5 Å². The van der Waals surface area contributed by atoms with Crippen LogP contribution in [0.3, 0.4) is 0 Å². The van der Waals surface area contributed by atoms with Crippen LogP contribution in [0, 0.1) is 0 Å². The molecule has 1 saturated heterocycles. The molecule has 2 aromatic carbocycles. The first-order valence-corrected chi connectivity index (χ1v) is 11.7. The minimum absolute atomic E-state index is 0.142. The van der Waals surface area contributed by atoms with E-state index in [2.05, 4.69) is 22.1 Å². The molecule has 1 aliphatic rings. The van der Waals surface area contributed by atoms with E-state index in [0.29, 0.717) is 11.1 Å². The molecular weight excluding hydrogens is 422 g/mol. The summed E-state index contributed by atoms with van der Waals surface area (Å²) in [6, 6.07) is 14.0. The Hall–Kier alpha value is -2.71. The maximum atomic E-state index is 13.3. The molecule has 30 heavy (non-hydrogen) atoms. The molecule has 1 unspecified atom stereocenters. The van der Waals surface area contributed by atoms with E-state index in [1.54, 1.807) is 36.4 Å². The van der Waals surface area contributed by atoms with Gasteiger partial charge in [0, 0.05) is 23.0 Å². The van der Waals surface area contributed by atoms with Crippen LogP contribution in [-0.4, -0.2) is 40.8 Å². The van der Waals surface area contributed by atoms with Crippen LogP contribution >= 0.6 is 11.6 Å². The average molecular weight is 442 g/mol. The lowest BCUT2D eigenvalue weighted by Gasteiger charge is -2.35. The van der Waals surface area contributed by atoms with Gasteiger partial charge in [0.05, 0.1) is 10.4 Å². The lowest BCUT2D eigenvalue weighted by Crippen LogP contribution is -2.38. The molecule has 2 aromatic heterocycles. The molecule has 1 aliphatic heterocycles. The molecule has 7 nitrogen and oxygen atoms in total. The Morgan fingerprint density at radius 2 is 1.90 bits per heavy atom. The Morgan fingerprint density at radius 3 is 2.67 bits per heavy atom. The number of hydrogen-bond donors (Lipinski definition) is 0. The van der Waals surface area contributed by atoms with E-state index in [-0.39, 0.29) is 15.6 Å². The Balaban J connectivity index is 1.81. The Bertz CT molecular complexity index is 1350. The quantitative estimate of drug-likeness (QED) is 0.475. The van der Waals surface area contributed by atoms with Gasteiger partial charge in [-0.05, 0) is 56.5 Å². The minimum atomic E-state index is -3.86. The highest BCUT2D eigenvalue weighted by molar-refractivity contribution is 7.91. The number of piperidine rings is 1. The van der Waals surface area contributed by atoms with Crippen molar-refractivity contribution >= 4 is 43.8 Å². The highest BCUT2D eigenvalue weighted by Gasteiger charge is 2.29. The van der Waals surface area contributed by atoms with Crippen LogP contribution in [0.25, 0.3) is 16.6 Å². The topological polar surface area (TPSA) is 80.5 Å². The number of nitrogens with zero attached hydrogens (tertiary/aromatic N) is 5. The molecule has 0 spiro atoms. The van der Waals surface area contributed by atoms with Gasteiger partial charge in [-0.25, -0.2) is 13.4 Å². The van der Waals surface area contributed by atoms with Crippen LogP contribution < -0.4 is 4.90 Å². The highest BCUT2D eigenvalue weighted by atomic mass is 35.5. The highest BCUT2D eigenvalue weighted by Crippen LogP contribution is 2.34. The third kappa shape index (κ3) is 3.02. The van der Waals surface area contributed by atoms with Crippen molar-refractivity contribution in [2.24, 2.45) is 0 Å². The van der Waals surface area contributed by atoms with Gasteiger partial charge in [0.15, 0.2) is 5.65 Å². The normalized spacial score (nSPS) is 17.7. The Morgan fingerprint density at radius 1 is 1.10 bits per heavy atom. The van der Waals surface area contributed by atoms with Crippen molar-refractivity contribution in [3.63, 3.8) is 0 Å². The number of anilines is 1. The summed E-state index contributed by atoms with van der Waals surface area (Å²) in [6.45, 7) is 3.02. The summed E-state index contributed by atoms with van der Waals surface area (Å²) >= 11 is 6.29. The molecule has 5 rings (SSSR count). The minimum Gasteiger partial charge on any atom is -0.353 e. The number of benzene rings is 2. The third-order valence-electron chi connectivity index (χ3n) is 5.64. The van der Waals surface area contributed by atoms with Crippen molar-refractivity contribution in [1.29, 1.82) is 0 Å². The summed E-state index contributed by atoms with van der Waals surface area (Å²) in [5.74, 6) is 0.721. The van der Waals surface area contributed by atoms with Crippen molar-refractivity contribution in [3.8, 4) is 0 Å². The molecule has 0 saturated carbocycles. The van der Waals surface area contributed by atoms with Crippen LogP contribution in [0.5, 0.6) is 0 Å². The Kier molecular flexibility index (Phi) is 4.63. The zero-order valence-electron chi connectivity index (χ0n) is 16.4. The van der Waals surface area contributed by atoms with Gasteiger partial charge < -0.3 is 4.90 Å². The van der Waals surface area contributed by atoms with Crippen molar-refractivity contribution in [3.05, 3.63) is 53.6 Å². The van der Waals surface area contributed by atoms with Gasteiger partial charge in [0.25, 0.3) is 0 Å². The van der Waals surface area contributed by atoms with E-state index in [0.717, 1.165) is 36.1 Å². The van der Waals surface area contributed by atoms with Crippen molar-refractivity contribution in [1.82, 2.24) is 19.8 Å². The molecule has 0 radical (unpaired) electrons. The lowest BCUT2D eigenvalue weighted by atomic mass is 10.0. The summed E-state index contributed by atoms with van der Waals surface area (Å²) in [4.78, 5) is 7.19. The van der Waals surface area contributed by atoms with E-state index in [1.165, 1.54) is 10.9 Å². The predicted molar refractivity (Wildman–Crippen MR) is 116 cm³/mol. The van der Waals surface area contributed by atoms with E-state index < -0.39 is 9.84 Å². The molecule has 0 aliphatic carbocycles. The molecule has 154 valence electrons. The first-order chi connectivity index (χ1) is 14.5. The fraction of sp³-hybridized carbons (Fsp3) is 0.286. The summed E-state index contributed by atoms with van der Waals surface area (Å²) < 4.78 is 28.0. The van der Waals surface area contributed by atoms with Gasteiger partial charge in [0.2, 0.25) is 14.9 Å².